The van der Waals surface area contributed by atoms with Crippen LogP contribution in [0.3, 0.4) is 0 Å². The average Bonchev–Trinajstić information content (AvgIpc) is 3.07. The maximum atomic E-state index is 14.0. The first-order valence-electron chi connectivity index (χ1n) is 8.72. The molecule has 1 aliphatic heterocycles. The number of carbonyl (C=O) groups excluding carboxylic acids is 2. The van der Waals surface area contributed by atoms with Crippen molar-refractivity contribution < 1.29 is 18.7 Å². The molecule has 2 heterocycles. The summed E-state index contributed by atoms with van der Waals surface area (Å²) in [5.74, 6) is -1.11. The lowest BCUT2D eigenvalue weighted by Crippen LogP contribution is -2.40. The lowest BCUT2D eigenvalue weighted by Gasteiger charge is -2.14. The smallest absolute Gasteiger partial charge is 0.287 e. The van der Waals surface area contributed by atoms with E-state index in [9.17, 15) is 14.0 Å². The summed E-state index contributed by atoms with van der Waals surface area (Å²) < 4.78 is 19.9. The predicted molar refractivity (Wildman–Crippen MR) is 95.2 cm³/mol. The van der Waals surface area contributed by atoms with Crippen molar-refractivity contribution in [3.8, 4) is 17.0 Å². The van der Waals surface area contributed by atoms with Crippen LogP contribution in [0.2, 0.25) is 0 Å². The Morgan fingerprint density at radius 1 is 1.38 bits per heavy atom. The van der Waals surface area contributed by atoms with Crippen LogP contribution in [0.1, 0.15) is 25.8 Å². The quantitative estimate of drug-likeness (QED) is 0.808. The standard InChI is InChI=1S/C20H21FN2O3/c1-3-12(2)18(24)20(25)23-11-15-9-13-8-14(21)10-16(19(13)26-15)17-6-4-5-7-22-17/h4-8,10,12,15H,3,9,11H2,1-2H3,(H,23,25)/t12-,15-/m0/s1. The Kier molecular flexibility index (Phi) is 5.30. The van der Waals surface area contributed by atoms with Crippen LogP contribution in [0.15, 0.2) is 36.5 Å². The maximum absolute atomic E-state index is 14.0. The van der Waals surface area contributed by atoms with E-state index in [-0.39, 0.29) is 24.4 Å². The summed E-state index contributed by atoms with van der Waals surface area (Å²) in [4.78, 5) is 28.1. The molecule has 0 spiro atoms. The Morgan fingerprint density at radius 2 is 2.19 bits per heavy atom. The van der Waals surface area contributed by atoms with E-state index in [1.54, 1.807) is 25.3 Å². The number of pyridine rings is 1. The van der Waals surface area contributed by atoms with Crippen LogP contribution in [0, 0.1) is 11.7 Å². The summed E-state index contributed by atoms with van der Waals surface area (Å²) in [5.41, 5.74) is 1.95. The van der Waals surface area contributed by atoms with Crippen LogP contribution in [-0.2, 0) is 16.0 Å². The molecule has 0 saturated heterocycles. The number of carbonyl (C=O) groups is 2. The number of halogens is 1. The molecule has 0 bridgehead atoms. The molecule has 1 aromatic carbocycles. The molecule has 0 radical (unpaired) electrons. The zero-order valence-corrected chi connectivity index (χ0v) is 14.8. The molecule has 136 valence electrons. The SMILES string of the molecule is CC[C@H](C)C(=O)C(=O)NC[C@@H]1Cc2cc(F)cc(-c3ccccn3)c2O1. The van der Waals surface area contributed by atoms with E-state index < -0.39 is 11.7 Å². The summed E-state index contributed by atoms with van der Waals surface area (Å²) in [5, 5.41) is 2.63. The van der Waals surface area contributed by atoms with E-state index in [1.165, 1.54) is 12.1 Å². The third kappa shape index (κ3) is 3.74. The molecule has 2 atom stereocenters. The molecule has 1 aliphatic rings. The minimum atomic E-state index is -0.602. The minimum absolute atomic E-state index is 0.193. The second kappa shape index (κ2) is 7.64. The Morgan fingerprint density at radius 3 is 2.88 bits per heavy atom. The molecule has 26 heavy (non-hydrogen) atoms. The third-order valence-corrected chi connectivity index (χ3v) is 4.58. The molecular weight excluding hydrogens is 335 g/mol. The molecule has 5 nitrogen and oxygen atoms in total. The summed E-state index contributed by atoms with van der Waals surface area (Å²) in [6.07, 6.45) is 2.37. The van der Waals surface area contributed by atoms with Crippen molar-refractivity contribution in [2.24, 2.45) is 5.92 Å². The zero-order valence-electron chi connectivity index (χ0n) is 14.8. The largest absolute Gasteiger partial charge is 0.487 e. The van der Waals surface area contributed by atoms with Crippen LogP contribution >= 0.6 is 0 Å². The molecule has 6 heteroatoms. The van der Waals surface area contributed by atoms with E-state index in [0.717, 1.165) is 5.56 Å². The van der Waals surface area contributed by atoms with Crippen LogP contribution < -0.4 is 10.1 Å². The van der Waals surface area contributed by atoms with E-state index in [0.29, 0.717) is 29.8 Å². The first-order valence-corrected chi connectivity index (χ1v) is 8.72. The maximum Gasteiger partial charge on any atom is 0.287 e. The predicted octanol–water partition coefficient (Wildman–Crippen LogP) is 2.92. The number of benzene rings is 1. The Hall–Kier alpha value is -2.76. The Balaban J connectivity index is 1.71. The Bertz CT molecular complexity index is 823. The van der Waals surface area contributed by atoms with E-state index in [2.05, 4.69) is 10.3 Å². The van der Waals surface area contributed by atoms with Crippen molar-refractivity contribution in [2.75, 3.05) is 6.54 Å². The fourth-order valence-electron chi connectivity index (χ4n) is 2.92. The van der Waals surface area contributed by atoms with Gasteiger partial charge in [0.25, 0.3) is 5.91 Å². The second-order valence-corrected chi connectivity index (χ2v) is 6.48. The molecule has 1 amide bonds. The molecule has 2 aromatic rings. The van der Waals surface area contributed by atoms with Gasteiger partial charge in [-0.05, 0) is 30.7 Å². The van der Waals surface area contributed by atoms with Gasteiger partial charge in [-0.25, -0.2) is 4.39 Å². The van der Waals surface area contributed by atoms with Gasteiger partial charge in [-0.1, -0.05) is 19.9 Å². The summed E-state index contributed by atoms with van der Waals surface area (Å²) in [6, 6.07) is 8.24. The lowest BCUT2D eigenvalue weighted by atomic mass is 10.0. The van der Waals surface area contributed by atoms with Crippen LogP contribution in [0.5, 0.6) is 5.75 Å². The summed E-state index contributed by atoms with van der Waals surface area (Å²) >= 11 is 0. The molecule has 1 aromatic heterocycles. The number of ketones is 1. The molecule has 0 fully saturated rings. The highest BCUT2D eigenvalue weighted by Crippen LogP contribution is 2.38. The van der Waals surface area contributed by atoms with Gasteiger partial charge < -0.3 is 10.1 Å². The summed E-state index contributed by atoms with van der Waals surface area (Å²) in [6.45, 7) is 3.78. The fraction of sp³-hybridized carbons (Fsp3) is 0.350. The van der Waals surface area contributed by atoms with Gasteiger partial charge in [-0.3, -0.25) is 14.6 Å². The third-order valence-electron chi connectivity index (χ3n) is 4.58. The van der Waals surface area contributed by atoms with Gasteiger partial charge in [-0.15, -0.1) is 0 Å². The number of rotatable bonds is 6. The van der Waals surface area contributed by atoms with Crippen molar-refractivity contribution in [1.82, 2.24) is 10.3 Å². The van der Waals surface area contributed by atoms with Crippen molar-refractivity contribution in [3.63, 3.8) is 0 Å². The summed E-state index contributed by atoms with van der Waals surface area (Å²) in [7, 11) is 0. The van der Waals surface area contributed by atoms with Gasteiger partial charge in [0.2, 0.25) is 5.78 Å². The topological polar surface area (TPSA) is 68.3 Å². The number of aromatic nitrogens is 1. The van der Waals surface area contributed by atoms with Gasteiger partial charge in [0.15, 0.2) is 0 Å². The zero-order chi connectivity index (χ0) is 18.7. The highest BCUT2D eigenvalue weighted by Gasteiger charge is 2.28. The molecule has 0 saturated carbocycles. The normalized spacial score (nSPS) is 16.5. The van der Waals surface area contributed by atoms with Crippen LogP contribution in [-0.4, -0.2) is 29.3 Å². The van der Waals surface area contributed by atoms with Gasteiger partial charge in [0.05, 0.1) is 12.2 Å². The average molecular weight is 356 g/mol. The fourth-order valence-corrected chi connectivity index (χ4v) is 2.92. The number of hydrogen-bond donors (Lipinski definition) is 1. The van der Waals surface area contributed by atoms with Crippen molar-refractivity contribution in [2.45, 2.75) is 32.8 Å². The number of amides is 1. The molecule has 0 aliphatic carbocycles. The second-order valence-electron chi connectivity index (χ2n) is 6.48. The molecular formula is C20H21FN2O3. The Labute approximate surface area is 151 Å². The molecule has 0 unspecified atom stereocenters. The minimum Gasteiger partial charge on any atom is -0.487 e. The number of nitrogens with zero attached hydrogens (tertiary/aromatic N) is 1. The van der Waals surface area contributed by atoms with Crippen LogP contribution in [0.25, 0.3) is 11.3 Å². The van der Waals surface area contributed by atoms with E-state index >= 15 is 0 Å². The van der Waals surface area contributed by atoms with Crippen molar-refractivity contribution in [1.29, 1.82) is 0 Å². The number of nitrogens with one attached hydrogen (secondary N) is 1. The lowest BCUT2D eigenvalue weighted by molar-refractivity contribution is -0.140. The number of fused-ring (bicyclic) bond motifs is 1. The van der Waals surface area contributed by atoms with E-state index in [4.69, 9.17) is 4.74 Å². The number of Topliss-reactive ketones (excluding diaryl/α,β-unsaturated/α-hetero) is 1. The first-order chi connectivity index (χ1) is 12.5. The first kappa shape index (κ1) is 18.0. The van der Waals surface area contributed by atoms with Gasteiger partial charge in [0, 0.05) is 29.7 Å². The monoisotopic (exact) mass is 356 g/mol. The van der Waals surface area contributed by atoms with Crippen molar-refractivity contribution in [3.05, 3.63) is 47.9 Å². The van der Waals surface area contributed by atoms with Crippen molar-refractivity contribution >= 4 is 11.7 Å². The molecule has 1 N–H and O–H groups in total. The number of ether oxygens (including phenoxy) is 1. The molecule has 3 rings (SSSR count). The highest BCUT2D eigenvalue weighted by atomic mass is 19.1. The van der Waals surface area contributed by atoms with Gasteiger partial charge in [0.1, 0.15) is 17.7 Å². The van der Waals surface area contributed by atoms with Gasteiger partial charge >= 0.3 is 0 Å². The highest BCUT2D eigenvalue weighted by molar-refractivity contribution is 6.36. The van der Waals surface area contributed by atoms with Gasteiger partial charge in [-0.2, -0.15) is 0 Å². The van der Waals surface area contributed by atoms with Crippen LogP contribution in [0.4, 0.5) is 4.39 Å². The number of hydrogen-bond acceptors (Lipinski definition) is 4. The van der Waals surface area contributed by atoms with E-state index in [1.807, 2.05) is 13.0 Å².